The van der Waals surface area contributed by atoms with Crippen LogP contribution >= 0.6 is 0 Å². The molecule has 150 valence electrons. The zero-order valence-corrected chi connectivity index (χ0v) is 16.5. The van der Waals surface area contributed by atoms with Gasteiger partial charge in [0.1, 0.15) is 0 Å². The van der Waals surface area contributed by atoms with E-state index < -0.39 is 9.84 Å². The third-order valence-corrected chi connectivity index (χ3v) is 6.31. The lowest BCUT2D eigenvalue weighted by molar-refractivity contribution is 0.0381. The average Bonchev–Trinajstić information content (AvgIpc) is 2.70. The molecule has 1 aliphatic heterocycles. The first-order valence-corrected chi connectivity index (χ1v) is 10.9. The van der Waals surface area contributed by atoms with Crippen LogP contribution in [0.4, 0.5) is 16.2 Å². The SMILES string of the molecule is O=C(Nc1ccccc1)Nc1ccc(S(=O)(=O)CCCN2CCOCC2)cc1. The van der Waals surface area contributed by atoms with Gasteiger partial charge in [0.05, 0.1) is 23.9 Å². The number of ether oxygens (including phenoxy) is 1. The van der Waals surface area contributed by atoms with Crippen molar-refractivity contribution in [2.75, 3.05) is 49.2 Å². The molecular weight excluding hydrogens is 378 g/mol. The minimum absolute atomic E-state index is 0.103. The van der Waals surface area contributed by atoms with Crippen LogP contribution in [0.25, 0.3) is 0 Å². The largest absolute Gasteiger partial charge is 0.379 e. The molecule has 1 saturated heterocycles. The molecule has 0 atom stereocenters. The van der Waals surface area contributed by atoms with Crippen molar-refractivity contribution >= 4 is 27.2 Å². The van der Waals surface area contributed by atoms with Gasteiger partial charge in [0.15, 0.2) is 9.84 Å². The highest BCUT2D eigenvalue weighted by atomic mass is 32.2. The summed E-state index contributed by atoms with van der Waals surface area (Å²) in [5.41, 5.74) is 1.21. The number of nitrogens with one attached hydrogen (secondary N) is 2. The minimum atomic E-state index is -3.34. The van der Waals surface area contributed by atoms with Crippen molar-refractivity contribution in [3.05, 3.63) is 54.6 Å². The number of benzene rings is 2. The second kappa shape index (κ2) is 9.68. The van der Waals surface area contributed by atoms with Crippen LogP contribution in [-0.2, 0) is 14.6 Å². The Morgan fingerprint density at radius 2 is 1.54 bits per heavy atom. The molecule has 28 heavy (non-hydrogen) atoms. The first kappa shape index (κ1) is 20.3. The predicted molar refractivity (Wildman–Crippen MR) is 109 cm³/mol. The molecule has 0 spiro atoms. The van der Waals surface area contributed by atoms with E-state index in [9.17, 15) is 13.2 Å². The molecule has 1 heterocycles. The summed E-state index contributed by atoms with van der Waals surface area (Å²) in [6.07, 6.45) is 0.585. The molecule has 1 aliphatic rings. The zero-order chi connectivity index (χ0) is 19.8. The van der Waals surface area contributed by atoms with E-state index in [0.29, 0.717) is 31.0 Å². The summed E-state index contributed by atoms with van der Waals surface area (Å²) in [4.78, 5) is 14.5. The second-order valence-corrected chi connectivity index (χ2v) is 8.71. The number of amides is 2. The number of morpholine rings is 1. The van der Waals surface area contributed by atoms with E-state index in [4.69, 9.17) is 4.74 Å². The smallest absolute Gasteiger partial charge is 0.323 e. The molecular formula is C20H25N3O4S. The molecule has 0 aromatic heterocycles. The number of carbonyl (C=O) groups excluding carboxylic acids is 1. The summed E-state index contributed by atoms with van der Waals surface area (Å²) < 4.78 is 30.3. The third kappa shape index (κ3) is 6.05. The summed E-state index contributed by atoms with van der Waals surface area (Å²) in [7, 11) is -3.34. The summed E-state index contributed by atoms with van der Waals surface area (Å²) in [6, 6.07) is 15.0. The Morgan fingerprint density at radius 1 is 0.929 bits per heavy atom. The number of hydrogen-bond acceptors (Lipinski definition) is 5. The van der Waals surface area contributed by atoms with E-state index in [1.165, 1.54) is 12.1 Å². The molecule has 2 aromatic carbocycles. The second-order valence-electron chi connectivity index (χ2n) is 6.60. The van der Waals surface area contributed by atoms with Crippen molar-refractivity contribution in [3.8, 4) is 0 Å². The highest BCUT2D eigenvalue weighted by Crippen LogP contribution is 2.17. The van der Waals surface area contributed by atoms with Crippen molar-refractivity contribution in [2.45, 2.75) is 11.3 Å². The summed E-state index contributed by atoms with van der Waals surface area (Å²) in [5, 5.41) is 5.40. The van der Waals surface area contributed by atoms with Gasteiger partial charge in [-0.15, -0.1) is 0 Å². The van der Waals surface area contributed by atoms with Gasteiger partial charge in [-0.05, 0) is 49.4 Å². The van der Waals surface area contributed by atoms with Gasteiger partial charge in [-0.2, -0.15) is 0 Å². The van der Waals surface area contributed by atoms with Gasteiger partial charge < -0.3 is 15.4 Å². The maximum absolute atomic E-state index is 12.5. The number of nitrogens with zero attached hydrogens (tertiary/aromatic N) is 1. The Balaban J connectivity index is 1.50. The first-order chi connectivity index (χ1) is 13.5. The van der Waals surface area contributed by atoms with E-state index in [2.05, 4.69) is 15.5 Å². The summed E-state index contributed by atoms with van der Waals surface area (Å²) >= 11 is 0. The van der Waals surface area contributed by atoms with Crippen LogP contribution in [0.3, 0.4) is 0 Å². The van der Waals surface area contributed by atoms with Crippen molar-refractivity contribution < 1.29 is 17.9 Å². The number of hydrogen-bond donors (Lipinski definition) is 2. The van der Waals surface area contributed by atoms with Crippen molar-refractivity contribution in [3.63, 3.8) is 0 Å². The Labute approximate surface area is 165 Å². The molecule has 0 saturated carbocycles. The Morgan fingerprint density at radius 3 is 2.18 bits per heavy atom. The minimum Gasteiger partial charge on any atom is -0.379 e. The number of sulfone groups is 1. The molecule has 0 radical (unpaired) electrons. The van der Waals surface area contributed by atoms with Crippen molar-refractivity contribution in [1.82, 2.24) is 4.90 Å². The lowest BCUT2D eigenvalue weighted by Crippen LogP contribution is -2.37. The zero-order valence-electron chi connectivity index (χ0n) is 15.6. The van der Waals surface area contributed by atoms with E-state index in [0.717, 1.165) is 19.6 Å². The number of anilines is 2. The van der Waals surface area contributed by atoms with Crippen LogP contribution in [0.15, 0.2) is 59.5 Å². The highest BCUT2D eigenvalue weighted by Gasteiger charge is 2.16. The van der Waals surface area contributed by atoms with Gasteiger partial charge in [0.2, 0.25) is 0 Å². The highest BCUT2D eigenvalue weighted by molar-refractivity contribution is 7.91. The number of para-hydroxylation sites is 1. The summed E-state index contributed by atoms with van der Waals surface area (Å²) in [5.74, 6) is 0.103. The predicted octanol–water partition coefficient (Wildman–Crippen LogP) is 2.83. The van der Waals surface area contributed by atoms with Gasteiger partial charge in [0, 0.05) is 24.5 Å². The van der Waals surface area contributed by atoms with Crippen molar-refractivity contribution in [1.29, 1.82) is 0 Å². The number of carbonyl (C=O) groups is 1. The topological polar surface area (TPSA) is 87.7 Å². The third-order valence-electron chi connectivity index (χ3n) is 4.49. The lowest BCUT2D eigenvalue weighted by Gasteiger charge is -2.26. The number of rotatable bonds is 7. The monoisotopic (exact) mass is 403 g/mol. The molecule has 0 unspecified atom stereocenters. The normalized spacial score (nSPS) is 15.1. The number of urea groups is 1. The Bertz CT molecular complexity index is 864. The van der Waals surface area contributed by atoms with Crippen molar-refractivity contribution in [2.24, 2.45) is 0 Å². The Kier molecular flexibility index (Phi) is 7.02. The maximum Gasteiger partial charge on any atom is 0.323 e. The van der Waals surface area contributed by atoms with Crippen LogP contribution in [0.2, 0.25) is 0 Å². The van der Waals surface area contributed by atoms with E-state index in [1.807, 2.05) is 18.2 Å². The average molecular weight is 404 g/mol. The van der Waals surface area contributed by atoms with Crippen LogP contribution in [0.1, 0.15) is 6.42 Å². The molecule has 1 fully saturated rings. The summed E-state index contributed by atoms with van der Waals surface area (Å²) in [6.45, 7) is 3.87. The Hall–Kier alpha value is -2.42. The molecule has 8 heteroatoms. The van der Waals surface area contributed by atoms with Gasteiger partial charge in [-0.25, -0.2) is 13.2 Å². The molecule has 3 rings (SSSR count). The van der Waals surface area contributed by atoms with Gasteiger partial charge >= 0.3 is 6.03 Å². The maximum atomic E-state index is 12.5. The molecule has 2 amide bonds. The van der Waals surface area contributed by atoms with Crippen LogP contribution in [-0.4, -0.2) is 57.9 Å². The molecule has 2 N–H and O–H groups in total. The fourth-order valence-electron chi connectivity index (χ4n) is 2.98. The fraction of sp³-hybridized carbons (Fsp3) is 0.350. The van der Waals surface area contributed by atoms with Gasteiger partial charge in [-0.3, -0.25) is 4.90 Å². The lowest BCUT2D eigenvalue weighted by atomic mass is 10.3. The van der Waals surface area contributed by atoms with E-state index >= 15 is 0 Å². The van der Waals surface area contributed by atoms with E-state index in [1.54, 1.807) is 24.3 Å². The molecule has 7 nitrogen and oxygen atoms in total. The van der Waals surface area contributed by atoms with Crippen LogP contribution in [0.5, 0.6) is 0 Å². The van der Waals surface area contributed by atoms with Crippen LogP contribution in [0, 0.1) is 0 Å². The van der Waals surface area contributed by atoms with Gasteiger partial charge in [-0.1, -0.05) is 18.2 Å². The van der Waals surface area contributed by atoms with Crippen LogP contribution < -0.4 is 10.6 Å². The first-order valence-electron chi connectivity index (χ1n) is 9.29. The fourth-order valence-corrected chi connectivity index (χ4v) is 4.28. The van der Waals surface area contributed by atoms with E-state index in [-0.39, 0.29) is 16.7 Å². The molecule has 2 aromatic rings. The standard InChI is InChI=1S/C20H25N3O4S/c24-20(21-17-5-2-1-3-6-17)22-18-7-9-19(10-8-18)28(25,26)16-4-11-23-12-14-27-15-13-23/h1-3,5-10H,4,11-16H2,(H2,21,22,24). The molecule has 0 aliphatic carbocycles. The quantitative estimate of drug-likeness (QED) is 0.742. The van der Waals surface area contributed by atoms with Gasteiger partial charge in [0.25, 0.3) is 0 Å². The molecule has 0 bridgehead atoms.